The number of hydrogen-bond donors (Lipinski definition) is 1. The van der Waals surface area contributed by atoms with E-state index < -0.39 is 0 Å². The quantitative estimate of drug-likeness (QED) is 0.855. The molecule has 1 N–H and O–H groups in total. The van der Waals surface area contributed by atoms with Crippen LogP contribution in [0.2, 0.25) is 0 Å². The summed E-state index contributed by atoms with van der Waals surface area (Å²) in [5.41, 5.74) is 1.06. The third kappa shape index (κ3) is 2.18. The van der Waals surface area contributed by atoms with Crippen LogP contribution in [0, 0.1) is 0 Å². The van der Waals surface area contributed by atoms with E-state index in [1.54, 1.807) is 23.1 Å². The van der Waals surface area contributed by atoms with Crippen molar-refractivity contribution in [2.75, 3.05) is 5.32 Å². The van der Waals surface area contributed by atoms with E-state index >= 15 is 0 Å². The summed E-state index contributed by atoms with van der Waals surface area (Å²) >= 11 is 0. The van der Waals surface area contributed by atoms with E-state index in [1.165, 1.54) is 0 Å². The highest BCUT2D eigenvalue weighted by Gasteiger charge is 2.08. The van der Waals surface area contributed by atoms with Gasteiger partial charge in [-0.25, -0.2) is 9.97 Å². The molecule has 2 aromatic heterocycles. The van der Waals surface area contributed by atoms with Crippen LogP contribution in [0.25, 0.3) is 0 Å². The molecule has 0 aliphatic heterocycles. The smallest absolute Gasteiger partial charge is 0.228 e. The van der Waals surface area contributed by atoms with E-state index in [0.29, 0.717) is 11.9 Å². The fourth-order valence-corrected chi connectivity index (χ4v) is 1.37. The second-order valence-corrected chi connectivity index (χ2v) is 3.93. The van der Waals surface area contributed by atoms with Gasteiger partial charge in [-0.1, -0.05) is 13.8 Å². The van der Waals surface area contributed by atoms with Gasteiger partial charge in [-0.2, -0.15) is 5.10 Å². The van der Waals surface area contributed by atoms with Gasteiger partial charge in [0.15, 0.2) is 0 Å². The van der Waals surface area contributed by atoms with Crippen molar-refractivity contribution in [3.05, 3.63) is 30.2 Å². The molecule has 0 unspecified atom stereocenters. The first kappa shape index (κ1) is 10.6. The Labute approximate surface area is 94.5 Å². The molecule has 0 aromatic carbocycles. The Bertz CT molecular complexity index is 460. The Hall–Kier alpha value is -1.91. The standard InChI is InChI=1S/C11H15N5/c1-8(2)9-7-10(16(3)15-9)14-11-12-5-4-6-13-11/h4-8H,1-3H3,(H,12,13,14). The lowest BCUT2D eigenvalue weighted by molar-refractivity contribution is 0.717. The molecular formula is C11H15N5. The van der Waals surface area contributed by atoms with Crippen LogP contribution in [-0.2, 0) is 7.05 Å². The van der Waals surface area contributed by atoms with Gasteiger partial charge < -0.3 is 5.32 Å². The van der Waals surface area contributed by atoms with Gasteiger partial charge in [0.2, 0.25) is 5.95 Å². The van der Waals surface area contributed by atoms with E-state index in [2.05, 4.69) is 34.2 Å². The third-order valence-corrected chi connectivity index (χ3v) is 2.30. The molecule has 5 heteroatoms. The lowest BCUT2D eigenvalue weighted by atomic mass is 10.1. The Kier molecular flexibility index (Phi) is 2.85. The Balaban J connectivity index is 2.22. The first-order chi connectivity index (χ1) is 7.66. The lowest BCUT2D eigenvalue weighted by Gasteiger charge is -2.02. The molecule has 2 rings (SSSR count). The van der Waals surface area contributed by atoms with Gasteiger partial charge in [-0.3, -0.25) is 4.68 Å². The first-order valence-electron chi connectivity index (χ1n) is 5.25. The summed E-state index contributed by atoms with van der Waals surface area (Å²) in [5, 5.41) is 7.53. The minimum absolute atomic E-state index is 0.415. The van der Waals surface area contributed by atoms with E-state index in [-0.39, 0.29) is 0 Å². The van der Waals surface area contributed by atoms with Crippen LogP contribution in [0.4, 0.5) is 11.8 Å². The highest BCUT2D eigenvalue weighted by molar-refractivity contribution is 5.48. The monoisotopic (exact) mass is 217 g/mol. The van der Waals surface area contributed by atoms with Gasteiger partial charge in [0.05, 0.1) is 5.69 Å². The number of nitrogens with one attached hydrogen (secondary N) is 1. The predicted molar refractivity (Wildman–Crippen MR) is 62.6 cm³/mol. The summed E-state index contributed by atoms with van der Waals surface area (Å²) in [6.45, 7) is 4.23. The zero-order chi connectivity index (χ0) is 11.5. The van der Waals surface area contributed by atoms with Crippen molar-refractivity contribution in [2.45, 2.75) is 19.8 Å². The molecule has 0 aliphatic carbocycles. The molecule has 0 spiro atoms. The number of rotatable bonds is 3. The summed E-state index contributed by atoms with van der Waals surface area (Å²) in [7, 11) is 1.90. The molecule has 0 amide bonds. The Morgan fingerprint density at radius 3 is 2.50 bits per heavy atom. The number of anilines is 2. The van der Waals surface area contributed by atoms with E-state index in [9.17, 15) is 0 Å². The van der Waals surface area contributed by atoms with Crippen LogP contribution in [-0.4, -0.2) is 19.7 Å². The molecule has 0 saturated carbocycles. The van der Waals surface area contributed by atoms with Crippen LogP contribution in [0.5, 0.6) is 0 Å². The molecule has 0 atom stereocenters. The van der Waals surface area contributed by atoms with E-state index in [1.807, 2.05) is 13.1 Å². The minimum atomic E-state index is 0.415. The molecule has 84 valence electrons. The van der Waals surface area contributed by atoms with E-state index in [4.69, 9.17) is 0 Å². The van der Waals surface area contributed by atoms with Crippen LogP contribution < -0.4 is 5.32 Å². The molecule has 0 fully saturated rings. The molecule has 2 aromatic rings. The zero-order valence-corrected chi connectivity index (χ0v) is 9.68. The van der Waals surface area contributed by atoms with Gasteiger partial charge in [0.25, 0.3) is 0 Å². The summed E-state index contributed by atoms with van der Waals surface area (Å²) in [4.78, 5) is 8.21. The summed E-state index contributed by atoms with van der Waals surface area (Å²) in [6, 6.07) is 3.80. The molecule has 5 nitrogen and oxygen atoms in total. The maximum atomic E-state index is 4.40. The largest absolute Gasteiger partial charge is 0.309 e. The molecular weight excluding hydrogens is 202 g/mol. The van der Waals surface area contributed by atoms with Crippen LogP contribution in [0.15, 0.2) is 24.5 Å². The van der Waals surface area contributed by atoms with Crippen molar-refractivity contribution in [3.63, 3.8) is 0 Å². The fourth-order valence-electron chi connectivity index (χ4n) is 1.37. The maximum Gasteiger partial charge on any atom is 0.228 e. The highest BCUT2D eigenvalue weighted by atomic mass is 15.3. The van der Waals surface area contributed by atoms with Gasteiger partial charge >= 0.3 is 0 Å². The Morgan fingerprint density at radius 2 is 1.94 bits per heavy atom. The van der Waals surface area contributed by atoms with Gasteiger partial charge in [-0.05, 0) is 12.0 Å². The summed E-state index contributed by atoms with van der Waals surface area (Å²) < 4.78 is 1.80. The van der Waals surface area contributed by atoms with Gasteiger partial charge in [0.1, 0.15) is 5.82 Å². The van der Waals surface area contributed by atoms with Crippen LogP contribution >= 0.6 is 0 Å². The second-order valence-electron chi connectivity index (χ2n) is 3.93. The molecule has 0 saturated heterocycles. The summed E-state index contributed by atoms with van der Waals surface area (Å²) in [5.74, 6) is 1.90. The molecule has 2 heterocycles. The minimum Gasteiger partial charge on any atom is -0.309 e. The number of aromatic nitrogens is 4. The van der Waals surface area contributed by atoms with Crippen molar-refractivity contribution in [1.29, 1.82) is 0 Å². The number of aryl methyl sites for hydroxylation is 1. The normalized spacial score (nSPS) is 10.8. The molecule has 0 aliphatic rings. The van der Waals surface area contributed by atoms with Gasteiger partial charge in [0, 0.05) is 25.5 Å². The molecule has 0 bridgehead atoms. The van der Waals surface area contributed by atoms with Crippen molar-refractivity contribution in [2.24, 2.45) is 7.05 Å². The maximum absolute atomic E-state index is 4.40. The van der Waals surface area contributed by atoms with Crippen molar-refractivity contribution in [1.82, 2.24) is 19.7 Å². The average Bonchev–Trinajstić information content (AvgIpc) is 2.62. The number of nitrogens with zero attached hydrogens (tertiary/aromatic N) is 4. The van der Waals surface area contributed by atoms with Crippen LogP contribution in [0.1, 0.15) is 25.5 Å². The van der Waals surface area contributed by atoms with Crippen LogP contribution in [0.3, 0.4) is 0 Å². The average molecular weight is 217 g/mol. The molecule has 0 radical (unpaired) electrons. The first-order valence-corrected chi connectivity index (χ1v) is 5.25. The summed E-state index contributed by atoms with van der Waals surface area (Å²) in [6.07, 6.45) is 3.41. The van der Waals surface area contributed by atoms with Gasteiger partial charge in [-0.15, -0.1) is 0 Å². The zero-order valence-electron chi connectivity index (χ0n) is 9.68. The molecule has 16 heavy (non-hydrogen) atoms. The lowest BCUT2D eigenvalue weighted by Crippen LogP contribution is -2.01. The second kappa shape index (κ2) is 4.30. The SMILES string of the molecule is CC(C)c1cc(Nc2ncccn2)n(C)n1. The Morgan fingerprint density at radius 1 is 1.25 bits per heavy atom. The highest BCUT2D eigenvalue weighted by Crippen LogP contribution is 2.18. The third-order valence-electron chi connectivity index (χ3n) is 2.30. The fraction of sp³-hybridized carbons (Fsp3) is 0.364. The number of hydrogen-bond acceptors (Lipinski definition) is 4. The van der Waals surface area contributed by atoms with E-state index in [0.717, 1.165) is 11.5 Å². The van der Waals surface area contributed by atoms with Crippen molar-refractivity contribution < 1.29 is 0 Å². The van der Waals surface area contributed by atoms with Crippen molar-refractivity contribution >= 4 is 11.8 Å². The van der Waals surface area contributed by atoms with Crippen molar-refractivity contribution in [3.8, 4) is 0 Å². The topological polar surface area (TPSA) is 55.6 Å². The predicted octanol–water partition coefficient (Wildman–Crippen LogP) is 2.08.